The number of ether oxygens (including phenoxy) is 1. The third-order valence-corrected chi connectivity index (χ3v) is 4.17. The molecule has 1 aromatic rings. The van der Waals surface area contributed by atoms with Gasteiger partial charge in [0.25, 0.3) is 0 Å². The Labute approximate surface area is 119 Å². The molecule has 2 rings (SSSR count). The summed E-state index contributed by atoms with van der Waals surface area (Å²) in [6.45, 7) is 6.43. The van der Waals surface area contributed by atoms with Crippen LogP contribution in [0.15, 0.2) is 17.3 Å². The molecule has 5 heteroatoms. The first-order valence-electron chi connectivity index (χ1n) is 7.13. The van der Waals surface area contributed by atoms with E-state index in [9.17, 15) is 0 Å². The zero-order valence-corrected chi connectivity index (χ0v) is 12.3. The summed E-state index contributed by atoms with van der Waals surface area (Å²) in [4.78, 5) is 4.37. The molecule has 5 nitrogen and oxygen atoms in total. The summed E-state index contributed by atoms with van der Waals surface area (Å²) in [5.41, 5.74) is 7.05. The van der Waals surface area contributed by atoms with E-state index in [2.05, 4.69) is 24.0 Å². The second-order valence-corrected chi connectivity index (χ2v) is 5.83. The number of nitrogens with zero attached hydrogens (tertiary/aromatic N) is 2. The zero-order chi connectivity index (χ0) is 14.7. The first-order chi connectivity index (χ1) is 9.49. The molecule has 1 fully saturated rings. The molecule has 20 heavy (non-hydrogen) atoms. The average Bonchev–Trinajstić information content (AvgIpc) is 2.41. The van der Waals surface area contributed by atoms with E-state index in [1.54, 1.807) is 12.1 Å². The van der Waals surface area contributed by atoms with Gasteiger partial charge in [0.1, 0.15) is 6.10 Å². The Hall–Kier alpha value is -1.78. The molecule has 1 heterocycles. The van der Waals surface area contributed by atoms with Crippen molar-refractivity contribution in [2.24, 2.45) is 22.7 Å². The second-order valence-electron chi connectivity index (χ2n) is 5.83. The van der Waals surface area contributed by atoms with Gasteiger partial charge < -0.3 is 15.7 Å². The van der Waals surface area contributed by atoms with Gasteiger partial charge in [-0.1, -0.05) is 19.0 Å². The van der Waals surface area contributed by atoms with Crippen LogP contribution < -0.4 is 10.5 Å². The predicted octanol–water partition coefficient (Wildman–Crippen LogP) is 2.69. The van der Waals surface area contributed by atoms with Crippen molar-refractivity contribution in [2.45, 2.75) is 46.1 Å². The van der Waals surface area contributed by atoms with E-state index in [0.29, 0.717) is 17.4 Å². The first kappa shape index (κ1) is 14.6. The number of nitrogens with two attached hydrogens (primary N) is 1. The van der Waals surface area contributed by atoms with Crippen molar-refractivity contribution in [3.63, 3.8) is 0 Å². The maximum absolute atomic E-state index is 8.76. The number of hydrogen-bond donors (Lipinski definition) is 2. The van der Waals surface area contributed by atoms with E-state index in [1.807, 2.05) is 6.92 Å². The monoisotopic (exact) mass is 277 g/mol. The molecule has 0 radical (unpaired) electrons. The molecular weight excluding hydrogens is 254 g/mol. The Balaban J connectivity index is 2.11. The minimum absolute atomic E-state index is 0.0750. The van der Waals surface area contributed by atoms with Crippen molar-refractivity contribution >= 4 is 5.84 Å². The fourth-order valence-electron chi connectivity index (χ4n) is 2.68. The lowest BCUT2D eigenvalue weighted by Gasteiger charge is -2.32. The summed E-state index contributed by atoms with van der Waals surface area (Å²) in [6, 6.07) is 3.50. The van der Waals surface area contributed by atoms with E-state index >= 15 is 0 Å². The predicted molar refractivity (Wildman–Crippen MR) is 78.1 cm³/mol. The number of amidine groups is 1. The highest BCUT2D eigenvalue weighted by atomic mass is 16.5. The molecule has 1 aliphatic rings. The SMILES string of the molecule is Cc1cc(/C(N)=N/O)cc(OC2CCC(C)C(C)C2)n1. The van der Waals surface area contributed by atoms with Crippen LogP contribution in [-0.2, 0) is 0 Å². The van der Waals surface area contributed by atoms with Crippen LogP contribution in [0.4, 0.5) is 0 Å². The van der Waals surface area contributed by atoms with Crippen molar-refractivity contribution in [3.05, 3.63) is 23.4 Å². The molecule has 3 unspecified atom stereocenters. The standard InChI is InChI=1S/C15H23N3O2/c1-9-4-5-13(6-10(9)2)20-14-8-12(15(16)18-19)7-11(3)17-14/h7-10,13,19H,4-6H2,1-3H3,(H2,16,18). The minimum atomic E-state index is 0.0750. The Morgan fingerprint density at radius 1 is 1.35 bits per heavy atom. The van der Waals surface area contributed by atoms with Crippen LogP contribution in [0.25, 0.3) is 0 Å². The molecule has 110 valence electrons. The highest BCUT2D eigenvalue weighted by molar-refractivity contribution is 5.97. The Morgan fingerprint density at radius 3 is 2.75 bits per heavy atom. The molecule has 1 saturated carbocycles. The Bertz CT molecular complexity index is 502. The molecule has 1 aliphatic carbocycles. The summed E-state index contributed by atoms with van der Waals surface area (Å²) in [5.74, 6) is 2.06. The maximum Gasteiger partial charge on any atom is 0.214 e. The van der Waals surface area contributed by atoms with Crippen LogP contribution in [-0.4, -0.2) is 22.1 Å². The summed E-state index contributed by atoms with van der Waals surface area (Å²) < 4.78 is 5.99. The van der Waals surface area contributed by atoms with Gasteiger partial charge in [0, 0.05) is 17.3 Å². The van der Waals surface area contributed by atoms with Crippen molar-refractivity contribution in [1.82, 2.24) is 4.98 Å². The molecule has 0 spiro atoms. The first-order valence-corrected chi connectivity index (χ1v) is 7.13. The number of pyridine rings is 1. The van der Waals surface area contributed by atoms with Crippen molar-refractivity contribution in [1.29, 1.82) is 0 Å². The Morgan fingerprint density at radius 2 is 2.10 bits per heavy atom. The topological polar surface area (TPSA) is 80.7 Å². The normalized spacial score (nSPS) is 27.4. The molecule has 0 saturated heterocycles. The van der Waals surface area contributed by atoms with Crippen LogP contribution in [0.3, 0.4) is 0 Å². The third kappa shape index (κ3) is 3.40. The smallest absolute Gasteiger partial charge is 0.214 e. The van der Waals surface area contributed by atoms with Crippen molar-refractivity contribution < 1.29 is 9.94 Å². The van der Waals surface area contributed by atoms with Gasteiger partial charge >= 0.3 is 0 Å². The molecule has 0 bridgehead atoms. The number of hydrogen-bond acceptors (Lipinski definition) is 4. The fourth-order valence-corrected chi connectivity index (χ4v) is 2.68. The van der Waals surface area contributed by atoms with Crippen LogP contribution in [0.2, 0.25) is 0 Å². The van der Waals surface area contributed by atoms with Crippen molar-refractivity contribution in [3.8, 4) is 5.88 Å². The highest BCUT2D eigenvalue weighted by Crippen LogP contribution is 2.31. The van der Waals surface area contributed by atoms with E-state index in [1.165, 1.54) is 6.42 Å². The third-order valence-electron chi connectivity index (χ3n) is 4.17. The molecule has 0 aromatic carbocycles. The highest BCUT2D eigenvalue weighted by Gasteiger charge is 2.26. The summed E-state index contributed by atoms with van der Waals surface area (Å²) in [5, 5.41) is 11.8. The number of oxime groups is 1. The van der Waals surface area contributed by atoms with Crippen LogP contribution in [0.1, 0.15) is 44.4 Å². The summed E-state index contributed by atoms with van der Waals surface area (Å²) >= 11 is 0. The Kier molecular flexibility index (Phi) is 4.47. The number of rotatable bonds is 3. The number of aryl methyl sites for hydroxylation is 1. The van der Waals surface area contributed by atoms with Gasteiger partial charge in [-0.05, 0) is 44.1 Å². The lowest BCUT2D eigenvalue weighted by Crippen LogP contribution is -2.29. The van der Waals surface area contributed by atoms with Gasteiger partial charge in [-0.25, -0.2) is 4.98 Å². The van der Waals surface area contributed by atoms with E-state index in [4.69, 9.17) is 15.7 Å². The van der Waals surface area contributed by atoms with Gasteiger partial charge in [-0.15, -0.1) is 0 Å². The fraction of sp³-hybridized carbons (Fsp3) is 0.600. The van der Waals surface area contributed by atoms with E-state index in [-0.39, 0.29) is 11.9 Å². The van der Waals surface area contributed by atoms with Crippen molar-refractivity contribution in [2.75, 3.05) is 0 Å². The van der Waals surface area contributed by atoms with E-state index in [0.717, 1.165) is 24.5 Å². The summed E-state index contributed by atoms with van der Waals surface area (Å²) in [6.07, 6.45) is 3.50. The molecule has 0 aliphatic heterocycles. The molecule has 1 aromatic heterocycles. The molecule has 0 amide bonds. The van der Waals surface area contributed by atoms with E-state index < -0.39 is 0 Å². The molecule has 3 atom stereocenters. The summed E-state index contributed by atoms with van der Waals surface area (Å²) in [7, 11) is 0. The largest absolute Gasteiger partial charge is 0.474 e. The zero-order valence-electron chi connectivity index (χ0n) is 12.3. The average molecular weight is 277 g/mol. The quantitative estimate of drug-likeness (QED) is 0.385. The number of aromatic nitrogens is 1. The van der Waals surface area contributed by atoms with Gasteiger partial charge in [-0.3, -0.25) is 0 Å². The van der Waals surface area contributed by atoms with Gasteiger partial charge in [-0.2, -0.15) is 0 Å². The lowest BCUT2D eigenvalue weighted by molar-refractivity contribution is 0.0963. The van der Waals surface area contributed by atoms with Gasteiger partial charge in [0.15, 0.2) is 5.84 Å². The van der Waals surface area contributed by atoms with Gasteiger partial charge in [0.2, 0.25) is 5.88 Å². The van der Waals surface area contributed by atoms with Crippen LogP contribution in [0.5, 0.6) is 5.88 Å². The van der Waals surface area contributed by atoms with Crippen LogP contribution in [0, 0.1) is 18.8 Å². The molecular formula is C15H23N3O2. The molecule has 3 N–H and O–H groups in total. The maximum atomic E-state index is 8.76. The lowest BCUT2D eigenvalue weighted by atomic mass is 9.80. The minimum Gasteiger partial charge on any atom is -0.474 e. The van der Waals surface area contributed by atoms with Crippen LogP contribution >= 0.6 is 0 Å². The second kappa shape index (κ2) is 6.11. The van der Waals surface area contributed by atoms with Gasteiger partial charge in [0.05, 0.1) is 0 Å².